The minimum Gasteiger partial charge on any atom is -0.378 e. The fourth-order valence-corrected chi connectivity index (χ4v) is 2.92. The Hall–Kier alpha value is -1.95. The number of rotatable bonds is 4. The predicted octanol–water partition coefficient (Wildman–Crippen LogP) is 2.72. The van der Waals surface area contributed by atoms with Crippen molar-refractivity contribution in [1.82, 2.24) is 5.32 Å². The molecule has 0 radical (unpaired) electrons. The van der Waals surface area contributed by atoms with E-state index in [1.54, 1.807) is 7.11 Å². The van der Waals surface area contributed by atoms with Crippen molar-refractivity contribution in [2.75, 3.05) is 12.4 Å². The van der Waals surface area contributed by atoms with Crippen LogP contribution in [0.15, 0.2) is 18.2 Å². The Morgan fingerprint density at radius 1 is 1.30 bits per heavy atom. The van der Waals surface area contributed by atoms with E-state index in [1.807, 2.05) is 20.8 Å². The first kappa shape index (κ1) is 17.4. The van der Waals surface area contributed by atoms with E-state index in [0.29, 0.717) is 12.0 Å². The van der Waals surface area contributed by atoms with Crippen LogP contribution in [-0.4, -0.2) is 30.6 Å². The van der Waals surface area contributed by atoms with Crippen LogP contribution in [0, 0.1) is 11.2 Å². The summed E-state index contributed by atoms with van der Waals surface area (Å²) >= 11 is 0. The zero-order chi connectivity index (χ0) is 17.4. The molecule has 1 aliphatic carbocycles. The van der Waals surface area contributed by atoms with Crippen LogP contribution in [0.3, 0.4) is 0 Å². The van der Waals surface area contributed by atoms with E-state index in [-0.39, 0.29) is 28.7 Å². The largest absolute Gasteiger partial charge is 0.378 e. The molecule has 0 heterocycles. The zero-order valence-corrected chi connectivity index (χ0v) is 14.1. The van der Waals surface area contributed by atoms with Gasteiger partial charge in [0.1, 0.15) is 5.82 Å². The fourth-order valence-electron chi connectivity index (χ4n) is 2.92. The molecule has 23 heavy (non-hydrogen) atoms. The summed E-state index contributed by atoms with van der Waals surface area (Å²) in [6, 6.07) is 3.88. The number of amides is 2. The molecule has 0 unspecified atom stereocenters. The summed E-state index contributed by atoms with van der Waals surface area (Å²) in [5.41, 5.74) is -0.191. The average Bonchev–Trinajstić information content (AvgIpc) is 2.48. The van der Waals surface area contributed by atoms with Crippen molar-refractivity contribution < 1.29 is 18.7 Å². The number of carbonyl (C=O) groups excluding carboxylic acids is 2. The third-order valence-corrected chi connectivity index (χ3v) is 5.12. The quantitative estimate of drug-likeness (QED) is 0.895. The van der Waals surface area contributed by atoms with Crippen LogP contribution in [0.2, 0.25) is 0 Å². The molecule has 1 saturated carbocycles. The molecule has 6 heteroatoms. The Kier molecular flexibility index (Phi) is 4.48. The number of hydrogen-bond acceptors (Lipinski definition) is 3. The van der Waals surface area contributed by atoms with Crippen molar-refractivity contribution in [3.05, 3.63) is 29.6 Å². The van der Waals surface area contributed by atoms with E-state index in [1.165, 1.54) is 25.1 Å². The van der Waals surface area contributed by atoms with Crippen molar-refractivity contribution in [2.24, 2.45) is 5.41 Å². The number of anilines is 1. The van der Waals surface area contributed by atoms with Gasteiger partial charge in [-0.25, -0.2) is 4.39 Å². The summed E-state index contributed by atoms with van der Waals surface area (Å²) < 4.78 is 19.2. The van der Waals surface area contributed by atoms with Gasteiger partial charge in [-0.1, -0.05) is 13.8 Å². The first-order valence-corrected chi connectivity index (χ1v) is 7.54. The number of nitrogens with one attached hydrogen (secondary N) is 2. The summed E-state index contributed by atoms with van der Waals surface area (Å²) in [5.74, 6) is -1.27. The molecular formula is C17H23FN2O3. The highest BCUT2D eigenvalue weighted by Gasteiger charge is 2.58. The molecule has 2 amide bonds. The lowest BCUT2D eigenvalue weighted by atomic mass is 9.56. The Balaban J connectivity index is 2.12. The van der Waals surface area contributed by atoms with Crippen LogP contribution in [-0.2, 0) is 9.53 Å². The third kappa shape index (κ3) is 3.08. The Morgan fingerprint density at radius 2 is 1.96 bits per heavy atom. The average molecular weight is 322 g/mol. The highest BCUT2D eigenvalue weighted by molar-refractivity contribution is 5.97. The topological polar surface area (TPSA) is 67.4 Å². The highest BCUT2D eigenvalue weighted by atomic mass is 19.1. The van der Waals surface area contributed by atoms with Gasteiger partial charge in [-0.3, -0.25) is 9.59 Å². The van der Waals surface area contributed by atoms with E-state index in [9.17, 15) is 14.0 Å². The van der Waals surface area contributed by atoms with Gasteiger partial charge in [0.15, 0.2) is 0 Å². The first-order valence-electron chi connectivity index (χ1n) is 7.54. The molecular weight excluding hydrogens is 299 g/mol. The maximum Gasteiger partial charge on any atom is 0.251 e. The van der Waals surface area contributed by atoms with Crippen LogP contribution in [0.4, 0.5) is 10.1 Å². The van der Waals surface area contributed by atoms with Gasteiger partial charge in [-0.15, -0.1) is 0 Å². The summed E-state index contributed by atoms with van der Waals surface area (Å²) in [5, 5.41) is 5.33. The molecule has 5 nitrogen and oxygen atoms in total. The second-order valence-electron chi connectivity index (χ2n) is 6.76. The van der Waals surface area contributed by atoms with Gasteiger partial charge in [0.05, 0.1) is 11.3 Å². The Morgan fingerprint density at radius 3 is 2.48 bits per heavy atom. The Labute approximate surface area is 135 Å². The molecule has 126 valence electrons. The molecule has 2 atom stereocenters. The number of methoxy groups -OCH3 is 1. The molecule has 0 aliphatic heterocycles. The van der Waals surface area contributed by atoms with Crippen LogP contribution in [0.1, 0.15) is 44.5 Å². The van der Waals surface area contributed by atoms with Crippen LogP contribution >= 0.6 is 0 Å². The summed E-state index contributed by atoms with van der Waals surface area (Å²) in [4.78, 5) is 23.5. The number of benzene rings is 1. The maximum atomic E-state index is 13.6. The molecule has 1 aromatic carbocycles. The molecule has 0 bridgehead atoms. The van der Waals surface area contributed by atoms with Crippen molar-refractivity contribution in [3.8, 4) is 0 Å². The van der Waals surface area contributed by atoms with E-state index in [4.69, 9.17) is 4.74 Å². The van der Waals surface area contributed by atoms with Crippen LogP contribution < -0.4 is 10.6 Å². The minimum absolute atomic E-state index is 0.000232. The third-order valence-electron chi connectivity index (χ3n) is 5.12. The predicted molar refractivity (Wildman–Crippen MR) is 85.8 cm³/mol. The Bertz CT molecular complexity index is 645. The number of carbonyl (C=O) groups is 2. The summed E-state index contributed by atoms with van der Waals surface area (Å²) in [6.45, 7) is 7.38. The second-order valence-corrected chi connectivity index (χ2v) is 6.76. The molecule has 0 saturated heterocycles. The van der Waals surface area contributed by atoms with Gasteiger partial charge in [0.2, 0.25) is 5.91 Å². The van der Waals surface area contributed by atoms with E-state index < -0.39 is 11.7 Å². The normalized spacial score (nSPS) is 25.4. The van der Waals surface area contributed by atoms with Gasteiger partial charge in [0, 0.05) is 31.1 Å². The van der Waals surface area contributed by atoms with Crippen LogP contribution in [0.5, 0.6) is 0 Å². The smallest absolute Gasteiger partial charge is 0.251 e. The monoisotopic (exact) mass is 322 g/mol. The molecule has 0 spiro atoms. The fraction of sp³-hybridized carbons (Fsp3) is 0.529. The standard InChI is InChI=1S/C17H23FN2O3/c1-10(21)19-13-8-11(6-7-12(13)18)15(22)20-14-9-17(4,23-5)16(14,2)3/h6-8,14H,9H2,1-5H3,(H,19,21)(H,20,22)/t14-,17-/m1/s1. The van der Waals surface area contributed by atoms with E-state index >= 15 is 0 Å². The molecule has 2 N–H and O–H groups in total. The number of halogens is 1. The van der Waals surface area contributed by atoms with Crippen molar-refractivity contribution in [1.29, 1.82) is 0 Å². The highest BCUT2D eigenvalue weighted by Crippen LogP contribution is 2.51. The first-order chi connectivity index (χ1) is 10.6. The zero-order valence-electron chi connectivity index (χ0n) is 14.1. The van der Waals surface area contributed by atoms with E-state index in [2.05, 4.69) is 10.6 Å². The van der Waals surface area contributed by atoms with Crippen molar-refractivity contribution in [2.45, 2.75) is 45.8 Å². The van der Waals surface area contributed by atoms with Crippen LogP contribution in [0.25, 0.3) is 0 Å². The van der Waals surface area contributed by atoms with Gasteiger partial charge in [-0.2, -0.15) is 0 Å². The lowest BCUT2D eigenvalue weighted by molar-refractivity contribution is -0.177. The summed E-state index contributed by atoms with van der Waals surface area (Å²) in [6.07, 6.45) is 0.710. The van der Waals surface area contributed by atoms with Crippen molar-refractivity contribution >= 4 is 17.5 Å². The molecule has 0 aromatic heterocycles. The molecule has 2 rings (SSSR count). The summed E-state index contributed by atoms with van der Waals surface area (Å²) in [7, 11) is 1.67. The lowest BCUT2D eigenvalue weighted by Gasteiger charge is -2.59. The van der Waals surface area contributed by atoms with Gasteiger partial charge < -0.3 is 15.4 Å². The SMILES string of the molecule is CO[C@]1(C)C[C@@H](NC(=O)c2ccc(F)c(NC(C)=O)c2)C1(C)C. The molecule has 1 aromatic rings. The van der Waals surface area contributed by atoms with E-state index in [0.717, 1.165) is 0 Å². The number of ether oxygens (including phenoxy) is 1. The van der Waals surface area contributed by atoms with Gasteiger partial charge >= 0.3 is 0 Å². The van der Waals surface area contributed by atoms with Gasteiger partial charge in [0.25, 0.3) is 5.91 Å². The van der Waals surface area contributed by atoms with Gasteiger partial charge in [-0.05, 0) is 31.5 Å². The maximum absolute atomic E-state index is 13.6. The lowest BCUT2D eigenvalue weighted by Crippen LogP contribution is -2.68. The minimum atomic E-state index is -0.576. The molecule has 1 aliphatic rings. The van der Waals surface area contributed by atoms with Crippen molar-refractivity contribution in [3.63, 3.8) is 0 Å². The second kappa shape index (κ2) is 5.92. The molecule has 1 fully saturated rings. The number of hydrogen-bond donors (Lipinski definition) is 2.